The fraction of sp³-hybridized carbons (Fsp3) is 0.429. The van der Waals surface area contributed by atoms with Crippen molar-refractivity contribution in [2.24, 2.45) is 0 Å². The number of fused-ring (bicyclic) bond motifs is 1. The number of nitrogens with zero attached hydrogens (tertiary/aromatic N) is 1. The number of carbonyl (C=O) groups excluding carboxylic acids is 1. The van der Waals surface area contributed by atoms with Gasteiger partial charge in [0, 0.05) is 5.69 Å². The van der Waals surface area contributed by atoms with Crippen molar-refractivity contribution >= 4 is 35.1 Å². The van der Waals surface area contributed by atoms with Crippen molar-refractivity contribution in [3.63, 3.8) is 0 Å². The fourth-order valence-electron chi connectivity index (χ4n) is 2.43. The Kier molecular flexibility index (Phi) is 5.16. The number of oxazole rings is 1. The number of nitrogens with one attached hydrogen (secondary N) is 2. The SMILES string of the molecule is Cl.O=C(Nc1ccc2oc(C(F)(F)F)nc2c1)C1CCCCN1. The molecule has 1 aliphatic rings. The van der Waals surface area contributed by atoms with Gasteiger partial charge >= 0.3 is 12.1 Å². The number of anilines is 1. The summed E-state index contributed by atoms with van der Waals surface area (Å²) in [6, 6.07) is 3.96. The highest BCUT2D eigenvalue weighted by molar-refractivity contribution is 5.96. The van der Waals surface area contributed by atoms with E-state index in [1.165, 1.54) is 18.2 Å². The molecule has 1 aromatic carbocycles. The van der Waals surface area contributed by atoms with E-state index >= 15 is 0 Å². The first-order chi connectivity index (χ1) is 10.4. The molecular weight excluding hydrogens is 335 g/mol. The van der Waals surface area contributed by atoms with E-state index in [1.54, 1.807) is 0 Å². The van der Waals surface area contributed by atoms with Crippen molar-refractivity contribution in [2.45, 2.75) is 31.5 Å². The van der Waals surface area contributed by atoms with Crippen LogP contribution in [0, 0.1) is 0 Å². The summed E-state index contributed by atoms with van der Waals surface area (Å²) in [5, 5.41) is 5.79. The molecular formula is C14H15ClF3N3O2. The highest BCUT2D eigenvalue weighted by Gasteiger charge is 2.37. The second-order valence-corrected chi connectivity index (χ2v) is 5.19. The average molecular weight is 350 g/mol. The molecule has 0 saturated carbocycles. The largest absolute Gasteiger partial charge is 0.468 e. The van der Waals surface area contributed by atoms with E-state index in [9.17, 15) is 18.0 Å². The van der Waals surface area contributed by atoms with Crippen molar-refractivity contribution in [3.8, 4) is 0 Å². The minimum absolute atomic E-state index is 0. The molecule has 9 heteroatoms. The van der Waals surface area contributed by atoms with Crippen LogP contribution in [0.5, 0.6) is 0 Å². The number of alkyl halides is 3. The van der Waals surface area contributed by atoms with Crippen LogP contribution < -0.4 is 10.6 Å². The molecule has 1 aliphatic heterocycles. The summed E-state index contributed by atoms with van der Waals surface area (Å²) in [5.41, 5.74) is 0.481. The maximum atomic E-state index is 12.5. The molecule has 0 bridgehead atoms. The number of benzene rings is 1. The summed E-state index contributed by atoms with van der Waals surface area (Å²) >= 11 is 0. The van der Waals surface area contributed by atoms with Crippen LogP contribution in [0.2, 0.25) is 0 Å². The summed E-state index contributed by atoms with van der Waals surface area (Å²) in [4.78, 5) is 15.5. The Morgan fingerprint density at radius 3 is 2.78 bits per heavy atom. The van der Waals surface area contributed by atoms with Crippen molar-refractivity contribution in [1.29, 1.82) is 0 Å². The van der Waals surface area contributed by atoms with Crippen LogP contribution in [-0.2, 0) is 11.0 Å². The van der Waals surface area contributed by atoms with Crippen LogP contribution in [0.25, 0.3) is 11.1 Å². The Morgan fingerprint density at radius 1 is 1.35 bits per heavy atom. The summed E-state index contributed by atoms with van der Waals surface area (Å²) in [5.74, 6) is -1.49. The Balaban J connectivity index is 0.00000192. The summed E-state index contributed by atoms with van der Waals surface area (Å²) in [6.07, 6.45) is -1.87. The normalized spacial score (nSPS) is 18.5. The van der Waals surface area contributed by atoms with E-state index in [4.69, 9.17) is 0 Å². The topological polar surface area (TPSA) is 67.2 Å². The number of rotatable bonds is 2. The fourth-order valence-corrected chi connectivity index (χ4v) is 2.43. The maximum Gasteiger partial charge on any atom is 0.468 e. The molecule has 1 aromatic heterocycles. The minimum atomic E-state index is -4.63. The van der Waals surface area contributed by atoms with Gasteiger partial charge in [0.1, 0.15) is 5.52 Å². The third-order valence-electron chi connectivity index (χ3n) is 3.52. The lowest BCUT2D eigenvalue weighted by Crippen LogP contribution is -2.43. The molecule has 126 valence electrons. The molecule has 1 fully saturated rings. The van der Waals surface area contributed by atoms with Gasteiger partial charge in [0.25, 0.3) is 0 Å². The Morgan fingerprint density at radius 2 is 2.13 bits per heavy atom. The van der Waals surface area contributed by atoms with E-state index in [2.05, 4.69) is 20.0 Å². The summed E-state index contributed by atoms with van der Waals surface area (Å²) < 4.78 is 42.3. The number of aromatic nitrogens is 1. The Bertz CT molecular complexity index is 696. The molecule has 23 heavy (non-hydrogen) atoms. The van der Waals surface area contributed by atoms with Gasteiger partial charge in [-0.15, -0.1) is 12.4 Å². The number of hydrogen-bond donors (Lipinski definition) is 2. The number of piperidine rings is 1. The molecule has 2 N–H and O–H groups in total. The van der Waals surface area contributed by atoms with Gasteiger partial charge in [-0.25, -0.2) is 4.98 Å². The van der Waals surface area contributed by atoms with Gasteiger partial charge in [-0.3, -0.25) is 4.79 Å². The first kappa shape index (κ1) is 17.6. The smallest absolute Gasteiger partial charge is 0.433 e. The van der Waals surface area contributed by atoms with Crippen molar-refractivity contribution in [3.05, 3.63) is 24.1 Å². The number of halogens is 4. The first-order valence-corrected chi connectivity index (χ1v) is 6.95. The van der Waals surface area contributed by atoms with Crippen molar-refractivity contribution < 1.29 is 22.4 Å². The lowest BCUT2D eigenvalue weighted by Gasteiger charge is -2.22. The highest BCUT2D eigenvalue weighted by atomic mass is 35.5. The highest BCUT2D eigenvalue weighted by Crippen LogP contribution is 2.31. The lowest BCUT2D eigenvalue weighted by atomic mass is 10.0. The standard InChI is InChI=1S/C14H14F3N3O2.ClH/c15-14(16,17)13-20-10-7-8(4-5-11(10)22-13)19-12(21)9-3-1-2-6-18-9;/h4-5,7,9,18H,1-3,6H2,(H,19,21);1H. The third kappa shape index (κ3) is 3.94. The van der Waals surface area contributed by atoms with Gasteiger partial charge < -0.3 is 15.1 Å². The van der Waals surface area contributed by atoms with Crippen molar-refractivity contribution in [2.75, 3.05) is 11.9 Å². The van der Waals surface area contributed by atoms with Gasteiger partial charge in [0.15, 0.2) is 5.58 Å². The second kappa shape index (κ2) is 6.76. The first-order valence-electron chi connectivity index (χ1n) is 6.95. The van der Waals surface area contributed by atoms with Crippen LogP contribution in [0.1, 0.15) is 25.2 Å². The Labute approximate surface area is 136 Å². The quantitative estimate of drug-likeness (QED) is 0.872. The second-order valence-electron chi connectivity index (χ2n) is 5.19. The molecule has 0 aliphatic carbocycles. The van der Waals surface area contributed by atoms with Gasteiger partial charge in [-0.05, 0) is 37.6 Å². The summed E-state index contributed by atoms with van der Waals surface area (Å²) in [7, 11) is 0. The van der Waals surface area contributed by atoms with Gasteiger partial charge in [-0.1, -0.05) is 6.42 Å². The van der Waals surface area contributed by atoms with Gasteiger partial charge in [0.05, 0.1) is 6.04 Å². The lowest BCUT2D eigenvalue weighted by molar-refractivity contribution is -0.156. The van der Waals surface area contributed by atoms with E-state index in [0.29, 0.717) is 5.69 Å². The zero-order valence-corrected chi connectivity index (χ0v) is 12.8. The number of amides is 1. The predicted octanol–water partition coefficient (Wildman–Crippen LogP) is 3.35. The molecule has 0 spiro atoms. The van der Waals surface area contributed by atoms with Crippen LogP contribution in [0.3, 0.4) is 0 Å². The number of hydrogen-bond acceptors (Lipinski definition) is 4. The van der Waals surface area contributed by atoms with E-state index in [-0.39, 0.29) is 35.5 Å². The van der Waals surface area contributed by atoms with Crippen LogP contribution in [0.15, 0.2) is 22.6 Å². The predicted molar refractivity (Wildman–Crippen MR) is 80.5 cm³/mol. The zero-order chi connectivity index (χ0) is 15.7. The van der Waals surface area contributed by atoms with Gasteiger partial charge in [-0.2, -0.15) is 13.2 Å². The molecule has 2 aromatic rings. The van der Waals surface area contributed by atoms with E-state index in [0.717, 1.165) is 25.8 Å². The van der Waals surface area contributed by atoms with Gasteiger partial charge in [0.2, 0.25) is 5.91 Å². The molecule has 1 unspecified atom stereocenters. The monoisotopic (exact) mass is 349 g/mol. The molecule has 0 radical (unpaired) electrons. The number of carbonyl (C=O) groups is 1. The molecule has 1 atom stereocenters. The van der Waals surface area contributed by atoms with Crippen LogP contribution in [-0.4, -0.2) is 23.5 Å². The molecule has 1 amide bonds. The third-order valence-corrected chi connectivity index (χ3v) is 3.52. The average Bonchev–Trinajstić information content (AvgIpc) is 2.91. The molecule has 3 rings (SSSR count). The van der Waals surface area contributed by atoms with E-state index < -0.39 is 12.1 Å². The maximum absolute atomic E-state index is 12.5. The minimum Gasteiger partial charge on any atom is -0.433 e. The van der Waals surface area contributed by atoms with Crippen LogP contribution in [0.4, 0.5) is 18.9 Å². The summed E-state index contributed by atoms with van der Waals surface area (Å²) in [6.45, 7) is 0.787. The zero-order valence-electron chi connectivity index (χ0n) is 11.9. The van der Waals surface area contributed by atoms with E-state index in [1.807, 2.05) is 0 Å². The molecule has 5 nitrogen and oxygen atoms in total. The van der Waals surface area contributed by atoms with Crippen molar-refractivity contribution in [1.82, 2.24) is 10.3 Å². The molecule has 1 saturated heterocycles. The molecule has 2 heterocycles. The van der Waals surface area contributed by atoms with Crippen LogP contribution >= 0.6 is 12.4 Å². The Hall–Kier alpha value is -1.80.